The third-order valence-electron chi connectivity index (χ3n) is 2.02. The zero-order valence-electron chi connectivity index (χ0n) is 8.15. The van der Waals surface area contributed by atoms with Gasteiger partial charge in [-0.1, -0.05) is 0 Å². The van der Waals surface area contributed by atoms with E-state index in [9.17, 15) is 9.18 Å². The average Bonchev–Trinajstić information content (AvgIpc) is 2.74. The van der Waals surface area contributed by atoms with Crippen molar-refractivity contribution < 1.29 is 9.18 Å². The Bertz CT molecular complexity index is 511. The van der Waals surface area contributed by atoms with Crippen molar-refractivity contribution in [1.29, 1.82) is 0 Å². The molecule has 3 nitrogen and oxygen atoms in total. The average molecular weight is 283 g/mol. The Morgan fingerprint density at radius 2 is 2.00 bits per heavy atom. The first-order valence-electron chi connectivity index (χ1n) is 4.56. The first-order chi connectivity index (χ1) is 7.66. The smallest absolute Gasteiger partial charge is 0.268 e. The van der Waals surface area contributed by atoms with Gasteiger partial charge >= 0.3 is 0 Å². The number of hydrogen-bond donors (Lipinski definition) is 1. The van der Waals surface area contributed by atoms with Gasteiger partial charge < -0.3 is 0 Å². The molecule has 1 N–H and O–H groups in total. The molecule has 1 aromatic carbocycles. The van der Waals surface area contributed by atoms with Crippen molar-refractivity contribution in [2.45, 2.75) is 0 Å². The molecule has 82 valence electrons. The number of carbonyl (C=O) groups is 1. The molecule has 0 fully saturated rings. The van der Waals surface area contributed by atoms with E-state index in [1.54, 1.807) is 30.6 Å². The van der Waals surface area contributed by atoms with Crippen LogP contribution in [0.2, 0.25) is 0 Å². The van der Waals surface area contributed by atoms with Gasteiger partial charge in [0.15, 0.2) is 0 Å². The maximum absolute atomic E-state index is 13.2. The molecule has 0 unspecified atom stereocenters. The van der Waals surface area contributed by atoms with Crippen molar-refractivity contribution in [3.8, 4) is 0 Å². The molecule has 0 atom stereocenters. The normalized spacial score (nSPS) is 10.1. The lowest BCUT2D eigenvalue weighted by molar-refractivity contribution is 0.101. The fourth-order valence-corrected chi connectivity index (χ4v) is 1.47. The standard InChI is InChI=1S/C11H8BrFN2O/c12-9-4-3-8(7-10(9)13)11(16)14-15-5-1-2-6-15/h1-7H,(H,14,16). The van der Waals surface area contributed by atoms with Crippen molar-refractivity contribution in [3.63, 3.8) is 0 Å². The zero-order chi connectivity index (χ0) is 11.5. The van der Waals surface area contributed by atoms with Gasteiger partial charge in [-0.15, -0.1) is 0 Å². The number of rotatable bonds is 2. The molecule has 1 heterocycles. The van der Waals surface area contributed by atoms with E-state index in [1.807, 2.05) is 0 Å². The van der Waals surface area contributed by atoms with Gasteiger partial charge in [-0.25, -0.2) is 4.39 Å². The van der Waals surface area contributed by atoms with Crippen LogP contribution in [-0.4, -0.2) is 10.6 Å². The monoisotopic (exact) mass is 282 g/mol. The van der Waals surface area contributed by atoms with Crippen LogP contribution in [0.25, 0.3) is 0 Å². The molecular weight excluding hydrogens is 275 g/mol. The summed E-state index contributed by atoms with van der Waals surface area (Å²) >= 11 is 3.03. The second-order valence-electron chi connectivity index (χ2n) is 3.16. The molecule has 0 aliphatic heterocycles. The first kappa shape index (κ1) is 10.9. The Labute approximate surface area is 100.0 Å². The van der Waals surface area contributed by atoms with E-state index >= 15 is 0 Å². The third kappa shape index (κ3) is 2.30. The van der Waals surface area contributed by atoms with E-state index in [-0.39, 0.29) is 11.5 Å². The Kier molecular flexibility index (Phi) is 3.05. The van der Waals surface area contributed by atoms with E-state index < -0.39 is 5.82 Å². The highest BCUT2D eigenvalue weighted by Crippen LogP contribution is 2.16. The summed E-state index contributed by atoms with van der Waals surface area (Å²) in [4.78, 5) is 11.7. The van der Waals surface area contributed by atoms with Gasteiger partial charge in [-0.2, -0.15) is 0 Å². The van der Waals surface area contributed by atoms with Gasteiger partial charge in [-0.3, -0.25) is 14.9 Å². The van der Waals surface area contributed by atoms with Crippen LogP contribution in [0.15, 0.2) is 47.2 Å². The molecule has 0 saturated carbocycles. The molecule has 0 bridgehead atoms. The summed E-state index contributed by atoms with van der Waals surface area (Å²) in [5.41, 5.74) is 2.85. The molecule has 0 saturated heterocycles. The van der Waals surface area contributed by atoms with Crippen LogP contribution in [0.3, 0.4) is 0 Å². The van der Waals surface area contributed by atoms with Crippen LogP contribution in [0.5, 0.6) is 0 Å². The number of nitrogens with one attached hydrogen (secondary N) is 1. The lowest BCUT2D eigenvalue weighted by atomic mass is 10.2. The second-order valence-corrected chi connectivity index (χ2v) is 4.01. The van der Waals surface area contributed by atoms with Gasteiger partial charge in [0.1, 0.15) is 5.82 Å². The molecule has 0 aliphatic rings. The predicted octanol–water partition coefficient (Wildman–Crippen LogP) is 2.77. The van der Waals surface area contributed by atoms with Crippen molar-refractivity contribution >= 4 is 21.8 Å². The maximum Gasteiger partial charge on any atom is 0.270 e. The van der Waals surface area contributed by atoms with Gasteiger partial charge in [0.2, 0.25) is 0 Å². The lowest BCUT2D eigenvalue weighted by Crippen LogP contribution is -2.21. The first-order valence-corrected chi connectivity index (χ1v) is 5.35. The highest BCUT2D eigenvalue weighted by molar-refractivity contribution is 9.10. The summed E-state index contributed by atoms with van der Waals surface area (Å²) in [5, 5.41) is 0. The predicted molar refractivity (Wildman–Crippen MR) is 62.2 cm³/mol. The van der Waals surface area contributed by atoms with E-state index in [1.165, 1.54) is 16.8 Å². The number of benzene rings is 1. The van der Waals surface area contributed by atoms with Gasteiger partial charge in [-0.05, 0) is 46.3 Å². The van der Waals surface area contributed by atoms with Crippen LogP contribution in [0.4, 0.5) is 4.39 Å². The van der Waals surface area contributed by atoms with Crippen molar-refractivity contribution in [2.24, 2.45) is 0 Å². The lowest BCUT2D eigenvalue weighted by Gasteiger charge is -2.06. The highest BCUT2D eigenvalue weighted by atomic mass is 79.9. The SMILES string of the molecule is O=C(Nn1cccc1)c1ccc(Br)c(F)c1. The fourth-order valence-electron chi connectivity index (χ4n) is 1.23. The summed E-state index contributed by atoms with van der Waals surface area (Å²) in [6.07, 6.45) is 3.38. The minimum atomic E-state index is -0.458. The molecule has 2 aromatic rings. The van der Waals surface area contributed by atoms with Gasteiger partial charge in [0, 0.05) is 18.0 Å². The molecule has 0 aliphatic carbocycles. The highest BCUT2D eigenvalue weighted by Gasteiger charge is 2.08. The van der Waals surface area contributed by atoms with Crippen molar-refractivity contribution in [1.82, 2.24) is 4.68 Å². The Hall–Kier alpha value is -1.62. The molecule has 5 heteroatoms. The van der Waals surface area contributed by atoms with Crippen LogP contribution in [0.1, 0.15) is 10.4 Å². The van der Waals surface area contributed by atoms with Crippen LogP contribution < -0.4 is 5.43 Å². The number of amides is 1. The zero-order valence-corrected chi connectivity index (χ0v) is 9.74. The molecule has 1 amide bonds. The van der Waals surface area contributed by atoms with E-state index in [2.05, 4.69) is 21.4 Å². The Morgan fingerprint density at radius 3 is 2.62 bits per heavy atom. The quantitative estimate of drug-likeness (QED) is 0.903. The number of carbonyl (C=O) groups excluding carboxylic acids is 1. The minimum Gasteiger partial charge on any atom is -0.268 e. The Morgan fingerprint density at radius 1 is 1.31 bits per heavy atom. The van der Waals surface area contributed by atoms with Gasteiger partial charge in [0.25, 0.3) is 5.91 Å². The molecule has 2 rings (SSSR count). The molecule has 0 spiro atoms. The number of nitrogens with zero attached hydrogens (tertiary/aromatic N) is 1. The summed E-state index contributed by atoms with van der Waals surface area (Å²) in [6, 6.07) is 7.79. The fraction of sp³-hybridized carbons (Fsp3) is 0. The molecule has 1 aromatic heterocycles. The van der Waals surface area contributed by atoms with Crippen molar-refractivity contribution in [2.75, 3.05) is 5.43 Å². The van der Waals surface area contributed by atoms with E-state index in [4.69, 9.17) is 0 Å². The minimum absolute atomic E-state index is 0.273. The van der Waals surface area contributed by atoms with Crippen LogP contribution in [0, 0.1) is 5.82 Å². The summed E-state index contributed by atoms with van der Waals surface area (Å²) in [5.74, 6) is -0.817. The van der Waals surface area contributed by atoms with Crippen LogP contribution >= 0.6 is 15.9 Å². The topological polar surface area (TPSA) is 34.0 Å². The van der Waals surface area contributed by atoms with E-state index in [0.29, 0.717) is 4.47 Å². The van der Waals surface area contributed by atoms with Crippen molar-refractivity contribution in [3.05, 3.63) is 58.6 Å². The second kappa shape index (κ2) is 4.49. The summed E-state index contributed by atoms with van der Waals surface area (Å²) in [6.45, 7) is 0. The van der Waals surface area contributed by atoms with Gasteiger partial charge in [0.05, 0.1) is 4.47 Å². The molecule has 16 heavy (non-hydrogen) atoms. The number of halogens is 2. The Balaban J connectivity index is 2.18. The largest absolute Gasteiger partial charge is 0.270 e. The number of hydrogen-bond acceptors (Lipinski definition) is 1. The van der Waals surface area contributed by atoms with Crippen LogP contribution in [-0.2, 0) is 0 Å². The maximum atomic E-state index is 13.2. The number of aromatic nitrogens is 1. The summed E-state index contributed by atoms with van der Waals surface area (Å²) in [7, 11) is 0. The summed E-state index contributed by atoms with van der Waals surface area (Å²) < 4.78 is 15.0. The molecule has 0 radical (unpaired) electrons. The third-order valence-corrected chi connectivity index (χ3v) is 2.66. The molecular formula is C11H8BrFN2O. The van der Waals surface area contributed by atoms with E-state index in [0.717, 1.165) is 0 Å².